The van der Waals surface area contributed by atoms with Crippen molar-refractivity contribution in [3.8, 4) is 0 Å². The molecule has 108 valence electrons. The van der Waals surface area contributed by atoms with E-state index in [9.17, 15) is 9.59 Å². The molecule has 2 heterocycles. The number of hydrogen-bond acceptors (Lipinski definition) is 4. The normalized spacial score (nSPS) is 13.6. The van der Waals surface area contributed by atoms with Gasteiger partial charge in [0.2, 0.25) is 5.91 Å². The number of hydrogen-bond donors (Lipinski definition) is 1. The molecule has 0 atom stereocenters. The summed E-state index contributed by atoms with van der Waals surface area (Å²) in [6.07, 6.45) is 2.30. The topological polar surface area (TPSA) is 75.4 Å². The summed E-state index contributed by atoms with van der Waals surface area (Å²) in [5, 5.41) is 6.37. The second kappa shape index (κ2) is 5.78. The molecule has 1 aliphatic heterocycles. The molecular weight excluding hydrogens is 270 g/mol. The minimum Gasteiger partial charge on any atom is -0.361 e. The van der Waals surface area contributed by atoms with Crippen molar-refractivity contribution < 1.29 is 14.1 Å². The molecule has 0 unspecified atom stereocenters. The molecule has 1 aromatic heterocycles. The van der Waals surface area contributed by atoms with Crippen molar-refractivity contribution in [3.05, 3.63) is 53.4 Å². The number of amides is 2. The van der Waals surface area contributed by atoms with Crippen LogP contribution in [0.15, 0.2) is 41.1 Å². The van der Waals surface area contributed by atoms with E-state index in [1.165, 1.54) is 0 Å². The van der Waals surface area contributed by atoms with Gasteiger partial charge in [0, 0.05) is 24.1 Å². The van der Waals surface area contributed by atoms with E-state index in [2.05, 4.69) is 10.5 Å². The zero-order valence-corrected chi connectivity index (χ0v) is 11.4. The van der Waals surface area contributed by atoms with Crippen LogP contribution in [0.2, 0.25) is 0 Å². The molecule has 0 saturated carbocycles. The minimum absolute atomic E-state index is 0.00561. The summed E-state index contributed by atoms with van der Waals surface area (Å²) in [5.74, 6) is 0.491. The summed E-state index contributed by atoms with van der Waals surface area (Å²) in [5.41, 5.74) is 1.48. The Morgan fingerprint density at radius 3 is 2.90 bits per heavy atom. The summed E-state index contributed by atoms with van der Waals surface area (Å²) in [4.78, 5) is 25.7. The number of aromatic nitrogens is 1. The molecule has 2 amide bonds. The zero-order chi connectivity index (χ0) is 14.7. The molecule has 0 bridgehead atoms. The van der Waals surface area contributed by atoms with Gasteiger partial charge in [0.1, 0.15) is 5.76 Å². The van der Waals surface area contributed by atoms with Crippen molar-refractivity contribution in [2.45, 2.75) is 13.0 Å². The third-order valence-corrected chi connectivity index (χ3v) is 3.49. The Hall–Kier alpha value is -2.63. The van der Waals surface area contributed by atoms with Crippen molar-refractivity contribution in [2.75, 3.05) is 13.1 Å². The maximum Gasteiger partial charge on any atom is 0.251 e. The summed E-state index contributed by atoms with van der Waals surface area (Å²) < 4.78 is 5.08. The fraction of sp³-hybridized carbons (Fsp3) is 0.267. The van der Waals surface area contributed by atoms with Gasteiger partial charge in [-0.2, -0.15) is 0 Å². The Bertz CT molecular complexity index is 651. The van der Waals surface area contributed by atoms with Crippen LogP contribution in [0.25, 0.3) is 0 Å². The molecule has 0 radical (unpaired) electrons. The van der Waals surface area contributed by atoms with Gasteiger partial charge in [0.05, 0.1) is 19.3 Å². The van der Waals surface area contributed by atoms with E-state index in [1.807, 2.05) is 6.07 Å². The number of nitrogens with zero attached hydrogens (tertiary/aromatic N) is 2. The van der Waals surface area contributed by atoms with Crippen LogP contribution in [0.5, 0.6) is 0 Å². The molecule has 3 rings (SSSR count). The summed E-state index contributed by atoms with van der Waals surface area (Å²) in [7, 11) is 0. The Kier molecular flexibility index (Phi) is 3.68. The van der Waals surface area contributed by atoms with E-state index < -0.39 is 0 Å². The predicted octanol–water partition coefficient (Wildman–Crippen LogP) is 0.989. The van der Waals surface area contributed by atoms with E-state index in [0.717, 1.165) is 11.3 Å². The second-order valence-electron chi connectivity index (χ2n) is 4.89. The van der Waals surface area contributed by atoms with Crippen molar-refractivity contribution >= 4 is 11.8 Å². The van der Waals surface area contributed by atoms with Crippen molar-refractivity contribution in [1.82, 2.24) is 15.4 Å². The fourth-order valence-corrected chi connectivity index (χ4v) is 2.31. The Morgan fingerprint density at radius 1 is 1.29 bits per heavy atom. The molecule has 0 spiro atoms. The van der Waals surface area contributed by atoms with Crippen molar-refractivity contribution in [3.63, 3.8) is 0 Å². The monoisotopic (exact) mass is 285 g/mol. The van der Waals surface area contributed by atoms with Crippen LogP contribution in [0.3, 0.4) is 0 Å². The first-order chi connectivity index (χ1) is 10.2. The highest BCUT2D eigenvalue weighted by atomic mass is 16.5. The van der Waals surface area contributed by atoms with Gasteiger partial charge in [0.25, 0.3) is 5.91 Å². The number of nitrogens with one attached hydrogen (secondary N) is 1. The van der Waals surface area contributed by atoms with Crippen LogP contribution in [0.1, 0.15) is 21.7 Å². The largest absolute Gasteiger partial charge is 0.361 e. The Morgan fingerprint density at radius 2 is 2.10 bits per heavy atom. The smallest absolute Gasteiger partial charge is 0.251 e. The van der Waals surface area contributed by atoms with Gasteiger partial charge >= 0.3 is 0 Å². The number of fused-ring (bicyclic) bond motifs is 1. The highest BCUT2D eigenvalue weighted by Crippen LogP contribution is 2.17. The number of carbonyl (C=O) groups excluding carboxylic acids is 2. The quantitative estimate of drug-likeness (QED) is 0.912. The van der Waals surface area contributed by atoms with E-state index in [4.69, 9.17) is 4.52 Å². The maximum atomic E-state index is 12.1. The molecule has 6 nitrogen and oxygen atoms in total. The molecule has 0 saturated heterocycles. The molecule has 1 aliphatic rings. The minimum atomic E-state index is -0.244. The van der Waals surface area contributed by atoms with Crippen molar-refractivity contribution in [1.29, 1.82) is 0 Å². The van der Waals surface area contributed by atoms with Crippen LogP contribution in [-0.2, 0) is 17.8 Å². The zero-order valence-electron chi connectivity index (χ0n) is 11.4. The second-order valence-corrected chi connectivity index (χ2v) is 4.89. The van der Waals surface area contributed by atoms with E-state index in [0.29, 0.717) is 25.1 Å². The standard InChI is InChI=1S/C15H15N3O3/c19-14(9-16-15(20)11-4-2-1-3-5-11)18-7-6-13-12(10-18)8-17-21-13/h1-5,8H,6-7,9-10H2,(H,16,20). The van der Waals surface area contributed by atoms with Crippen LogP contribution < -0.4 is 5.32 Å². The van der Waals surface area contributed by atoms with Crippen LogP contribution in [0.4, 0.5) is 0 Å². The Labute approximate surface area is 121 Å². The van der Waals surface area contributed by atoms with Gasteiger partial charge in [-0.15, -0.1) is 0 Å². The molecule has 2 aromatic rings. The third-order valence-electron chi connectivity index (χ3n) is 3.49. The van der Waals surface area contributed by atoms with Crippen LogP contribution in [-0.4, -0.2) is 35.0 Å². The van der Waals surface area contributed by atoms with Gasteiger partial charge in [-0.3, -0.25) is 9.59 Å². The average molecular weight is 285 g/mol. The lowest BCUT2D eigenvalue weighted by molar-refractivity contribution is -0.131. The lowest BCUT2D eigenvalue weighted by atomic mass is 10.1. The number of benzene rings is 1. The van der Waals surface area contributed by atoms with Gasteiger partial charge in [-0.25, -0.2) is 0 Å². The van der Waals surface area contributed by atoms with Gasteiger partial charge in [-0.1, -0.05) is 23.4 Å². The molecule has 1 aromatic carbocycles. The van der Waals surface area contributed by atoms with Crippen LogP contribution >= 0.6 is 0 Å². The highest BCUT2D eigenvalue weighted by molar-refractivity contribution is 5.96. The lowest BCUT2D eigenvalue weighted by Crippen LogP contribution is -2.42. The van der Waals surface area contributed by atoms with E-state index >= 15 is 0 Å². The lowest BCUT2D eigenvalue weighted by Gasteiger charge is -2.25. The van der Waals surface area contributed by atoms with Gasteiger partial charge < -0.3 is 14.7 Å². The first-order valence-electron chi connectivity index (χ1n) is 6.77. The fourth-order valence-electron chi connectivity index (χ4n) is 2.31. The van der Waals surface area contributed by atoms with Crippen molar-refractivity contribution in [2.24, 2.45) is 0 Å². The van der Waals surface area contributed by atoms with E-state index in [-0.39, 0.29) is 18.4 Å². The Balaban J connectivity index is 1.54. The summed E-state index contributed by atoms with van der Waals surface area (Å²) >= 11 is 0. The van der Waals surface area contributed by atoms with E-state index in [1.54, 1.807) is 35.4 Å². The third kappa shape index (κ3) is 2.94. The number of rotatable bonds is 3. The molecular formula is C15H15N3O3. The van der Waals surface area contributed by atoms with Gasteiger partial charge in [-0.05, 0) is 12.1 Å². The SMILES string of the molecule is O=C(NCC(=O)N1CCc2oncc2C1)c1ccccc1. The highest BCUT2D eigenvalue weighted by Gasteiger charge is 2.23. The average Bonchev–Trinajstić information content (AvgIpc) is 3.00. The molecule has 0 fully saturated rings. The summed E-state index contributed by atoms with van der Waals surface area (Å²) in [6.45, 7) is 1.06. The first kappa shape index (κ1) is 13.4. The molecule has 21 heavy (non-hydrogen) atoms. The number of carbonyl (C=O) groups is 2. The summed E-state index contributed by atoms with van der Waals surface area (Å²) in [6, 6.07) is 8.84. The van der Waals surface area contributed by atoms with Crippen LogP contribution in [0, 0.1) is 0 Å². The molecule has 6 heteroatoms. The molecule has 1 N–H and O–H groups in total. The first-order valence-corrected chi connectivity index (χ1v) is 6.77. The molecule has 0 aliphatic carbocycles. The maximum absolute atomic E-state index is 12.1. The van der Waals surface area contributed by atoms with Gasteiger partial charge in [0.15, 0.2) is 0 Å². The predicted molar refractivity (Wildman–Crippen MR) is 74.4 cm³/mol.